The lowest BCUT2D eigenvalue weighted by atomic mass is 9.88. The molecule has 2 N–H and O–H groups in total. The van der Waals surface area contributed by atoms with Crippen LogP contribution < -0.4 is 5.32 Å². The van der Waals surface area contributed by atoms with E-state index in [1.54, 1.807) is 0 Å². The smallest absolute Gasteiger partial charge is 0.130 e. The molecule has 2 aromatic heterocycles. The van der Waals surface area contributed by atoms with Crippen LogP contribution in [-0.2, 0) is 6.42 Å². The van der Waals surface area contributed by atoms with Crippen LogP contribution in [0.2, 0.25) is 0 Å². The second kappa shape index (κ2) is 6.50. The van der Waals surface area contributed by atoms with E-state index in [-0.39, 0.29) is 0 Å². The van der Waals surface area contributed by atoms with Crippen molar-refractivity contribution in [2.75, 3.05) is 5.32 Å². The second-order valence-corrected chi connectivity index (χ2v) is 7.15. The van der Waals surface area contributed by atoms with Crippen LogP contribution in [-0.4, -0.2) is 20.2 Å². The summed E-state index contributed by atoms with van der Waals surface area (Å²) in [5.41, 5.74) is 5.83. The molecule has 4 aromatic rings. The Labute approximate surface area is 157 Å². The van der Waals surface area contributed by atoms with E-state index in [2.05, 4.69) is 67.9 Å². The Morgan fingerprint density at radius 1 is 1.07 bits per heavy atom. The number of aromatic amines is 1. The van der Waals surface area contributed by atoms with Gasteiger partial charge < -0.3 is 5.32 Å². The minimum Gasteiger partial charge on any atom is -0.363 e. The van der Waals surface area contributed by atoms with Crippen LogP contribution in [0.5, 0.6) is 0 Å². The number of rotatable bonds is 3. The van der Waals surface area contributed by atoms with Gasteiger partial charge in [0.25, 0.3) is 0 Å². The van der Waals surface area contributed by atoms with Gasteiger partial charge >= 0.3 is 0 Å². The molecular formula is C22H21N5. The van der Waals surface area contributed by atoms with E-state index in [9.17, 15) is 0 Å². The fraction of sp³-hybridized carbons (Fsp3) is 0.227. The van der Waals surface area contributed by atoms with Crippen molar-refractivity contribution >= 4 is 16.7 Å². The van der Waals surface area contributed by atoms with Gasteiger partial charge in [0.2, 0.25) is 0 Å². The van der Waals surface area contributed by atoms with Gasteiger partial charge in [-0.05, 0) is 43.4 Å². The van der Waals surface area contributed by atoms with E-state index in [1.165, 1.54) is 17.5 Å². The van der Waals surface area contributed by atoms with E-state index in [0.29, 0.717) is 6.04 Å². The van der Waals surface area contributed by atoms with E-state index < -0.39 is 0 Å². The number of benzene rings is 2. The van der Waals surface area contributed by atoms with Crippen molar-refractivity contribution in [2.24, 2.45) is 0 Å². The molecule has 0 saturated carbocycles. The average Bonchev–Trinajstić information content (AvgIpc) is 3.16. The molecule has 5 rings (SSSR count). The largest absolute Gasteiger partial charge is 0.363 e. The molecule has 1 aliphatic rings. The van der Waals surface area contributed by atoms with Crippen molar-refractivity contribution in [3.63, 3.8) is 0 Å². The number of nitrogens with zero attached hydrogens (tertiary/aromatic N) is 3. The lowest BCUT2D eigenvalue weighted by Gasteiger charge is -2.27. The maximum absolute atomic E-state index is 4.65. The van der Waals surface area contributed by atoms with Crippen molar-refractivity contribution in [3.8, 4) is 11.3 Å². The molecule has 0 unspecified atom stereocenters. The lowest BCUT2D eigenvalue weighted by molar-refractivity contribution is 0.598. The van der Waals surface area contributed by atoms with E-state index in [0.717, 1.165) is 46.6 Å². The summed E-state index contributed by atoms with van der Waals surface area (Å²) in [4.78, 5) is 9.28. The highest BCUT2D eigenvalue weighted by molar-refractivity contribution is 5.83. The maximum Gasteiger partial charge on any atom is 0.130 e. The highest BCUT2D eigenvalue weighted by Crippen LogP contribution is 2.32. The summed E-state index contributed by atoms with van der Waals surface area (Å²) >= 11 is 0. The highest BCUT2D eigenvalue weighted by Gasteiger charge is 2.20. The fourth-order valence-electron chi connectivity index (χ4n) is 3.97. The molecule has 0 spiro atoms. The van der Waals surface area contributed by atoms with Crippen LogP contribution in [0.3, 0.4) is 0 Å². The Morgan fingerprint density at radius 2 is 2.00 bits per heavy atom. The van der Waals surface area contributed by atoms with E-state index >= 15 is 0 Å². The van der Waals surface area contributed by atoms with Crippen molar-refractivity contribution in [1.29, 1.82) is 0 Å². The Balaban J connectivity index is 1.49. The topological polar surface area (TPSA) is 66.5 Å². The molecule has 0 fully saturated rings. The molecule has 0 saturated heterocycles. The molecule has 2 aromatic carbocycles. The van der Waals surface area contributed by atoms with Crippen molar-refractivity contribution in [2.45, 2.75) is 32.2 Å². The van der Waals surface area contributed by atoms with Gasteiger partial charge in [-0.2, -0.15) is 5.10 Å². The van der Waals surface area contributed by atoms with E-state index in [4.69, 9.17) is 0 Å². The number of anilines is 1. The van der Waals surface area contributed by atoms with Gasteiger partial charge in [0.1, 0.15) is 11.6 Å². The number of hydrogen-bond acceptors (Lipinski definition) is 4. The van der Waals surface area contributed by atoms with Crippen LogP contribution in [0.15, 0.2) is 54.7 Å². The molecule has 2 heterocycles. The van der Waals surface area contributed by atoms with Crippen molar-refractivity contribution < 1.29 is 0 Å². The molecule has 1 atom stereocenters. The van der Waals surface area contributed by atoms with E-state index in [1.807, 2.05) is 19.2 Å². The normalized spacial score (nSPS) is 16.3. The minimum absolute atomic E-state index is 0.298. The highest BCUT2D eigenvalue weighted by atomic mass is 15.1. The molecule has 0 radical (unpaired) electrons. The predicted molar refractivity (Wildman–Crippen MR) is 108 cm³/mol. The first kappa shape index (κ1) is 16.0. The first-order chi connectivity index (χ1) is 13.3. The molecule has 134 valence electrons. The van der Waals surface area contributed by atoms with Crippen LogP contribution in [0.1, 0.15) is 35.8 Å². The number of aromatic nitrogens is 4. The minimum atomic E-state index is 0.298. The van der Waals surface area contributed by atoms with Crippen LogP contribution in [0.25, 0.3) is 22.2 Å². The van der Waals surface area contributed by atoms with Gasteiger partial charge in [-0.3, -0.25) is 5.10 Å². The third kappa shape index (κ3) is 3.05. The monoisotopic (exact) mass is 355 g/mol. The van der Waals surface area contributed by atoms with Crippen LogP contribution in [0, 0.1) is 6.92 Å². The Morgan fingerprint density at radius 3 is 2.96 bits per heavy atom. The number of fused-ring (bicyclic) bond motifs is 2. The van der Waals surface area contributed by atoms with Gasteiger partial charge in [0.05, 0.1) is 23.4 Å². The number of hydrogen-bond donors (Lipinski definition) is 2. The zero-order valence-electron chi connectivity index (χ0n) is 15.2. The zero-order chi connectivity index (χ0) is 18.2. The predicted octanol–water partition coefficient (Wildman–Crippen LogP) is 4.82. The second-order valence-electron chi connectivity index (χ2n) is 7.15. The molecule has 5 heteroatoms. The summed E-state index contributed by atoms with van der Waals surface area (Å²) < 4.78 is 0. The third-order valence-electron chi connectivity index (χ3n) is 5.27. The Hall–Kier alpha value is -3.21. The SMILES string of the molecule is Cc1nc(N[C@@H]2CCCc3ccccc32)cc(-c2ccc3cn[nH]c3c2)n1. The summed E-state index contributed by atoms with van der Waals surface area (Å²) in [5.74, 6) is 1.65. The van der Waals surface area contributed by atoms with Crippen molar-refractivity contribution in [1.82, 2.24) is 20.2 Å². The summed E-state index contributed by atoms with van der Waals surface area (Å²) in [5, 5.41) is 11.9. The quantitative estimate of drug-likeness (QED) is 0.553. The molecule has 0 amide bonds. The summed E-state index contributed by atoms with van der Waals surface area (Å²) in [6.07, 6.45) is 5.31. The van der Waals surface area contributed by atoms with Gasteiger partial charge in [-0.25, -0.2) is 9.97 Å². The summed E-state index contributed by atoms with van der Waals surface area (Å²) in [6, 6.07) is 17.3. The van der Waals surface area contributed by atoms with Gasteiger partial charge in [0, 0.05) is 17.0 Å². The summed E-state index contributed by atoms with van der Waals surface area (Å²) in [6.45, 7) is 1.94. The number of aryl methyl sites for hydroxylation is 2. The molecule has 0 aliphatic heterocycles. The third-order valence-corrected chi connectivity index (χ3v) is 5.27. The molecular weight excluding hydrogens is 334 g/mol. The fourth-order valence-corrected chi connectivity index (χ4v) is 3.97. The molecule has 5 nitrogen and oxygen atoms in total. The Kier molecular flexibility index (Phi) is 3.85. The standard InChI is InChI=1S/C22H21N5/c1-14-24-20(16-9-10-17-13-23-27-21(17)11-16)12-22(25-14)26-19-8-4-6-15-5-2-3-7-18(15)19/h2-3,5,7,9-13,19H,4,6,8H2,1H3,(H,23,27)(H,24,25,26)/t19-/m1/s1. The van der Waals surface area contributed by atoms with Crippen LogP contribution >= 0.6 is 0 Å². The lowest BCUT2D eigenvalue weighted by Crippen LogP contribution is -2.18. The number of nitrogens with one attached hydrogen (secondary N) is 2. The molecule has 0 bridgehead atoms. The Bertz CT molecular complexity index is 1110. The summed E-state index contributed by atoms with van der Waals surface area (Å²) in [7, 11) is 0. The zero-order valence-corrected chi connectivity index (χ0v) is 15.2. The van der Waals surface area contributed by atoms with Crippen LogP contribution in [0.4, 0.5) is 5.82 Å². The van der Waals surface area contributed by atoms with Crippen molar-refractivity contribution in [3.05, 3.63) is 71.7 Å². The molecule has 27 heavy (non-hydrogen) atoms. The van der Waals surface area contributed by atoms with Gasteiger partial charge in [-0.1, -0.05) is 36.4 Å². The average molecular weight is 355 g/mol. The molecule has 1 aliphatic carbocycles. The van der Waals surface area contributed by atoms with Gasteiger partial charge in [-0.15, -0.1) is 0 Å². The maximum atomic E-state index is 4.65. The first-order valence-corrected chi connectivity index (χ1v) is 9.40. The van der Waals surface area contributed by atoms with Gasteiger partial charge in [0.15, 0.2) is 0 Å². The number of H-pyrrole nitrogens is 1. The first-order valence-electron chi connectivity index (χ1n) is 9.40.